The minimum Gasteiger partial charge on any atom is -0.340 e. The molecule has 0 N–H and O–H groups in total. The Bertz CT molecular complexity index is 359. The SMILES string of the molecule is CCCCC#CCOC(CCC#N)OCC#CCCCC. The van der Waals surface area contributed by atoms with Gasteiger partial charge in [-0.25, -0.2) is 0 Å². The molecule has 0 aromatic heterocycles. The summed E-state index contributed by atoms with van der Waals surface area (Å²) in [6.07, 6.45) is 6.95. The van der Waals surface area contributed by atoms with Gasteiger partial charge in [-0.05, 0) is 12.8 Å². The Balaban J connectivity index is 3.92. The smallest absolute Gasteiger partial charge is 0.161 e. The van der Waals surface area contributed by atoms with Crippen LogP contribution in [-0.2, 0) is 9.47 Å². The van der Waals surface area contributed by atoms with Crippen LogP contribution in [0.5, 0.6) is 0 Å². The van der Waals surface area contributed by atoms with Gasteiger partial charge in [-0.3, -0.25) is 0 Å². The van der Waals surface area contributed by atoms with Gasteiger partial charge in [-0.15, -0.1) is 11.8 Å². The second-order valence-corrected chi connectivity index (χ2v) is 4.66. The van der Waals surface area contributed by atoms with Crippen LogP contribution >= 0.6 is 0 Å². The second-order valence-electron chi connectivity index (χ2n) is 4.66. The Labute approximate surface area is 130 Å². The van der Waals surface area contributed by atoms with Gasteiger partial charge in [0.1, 0.15) is 13.2 Å². The van der Waals surface area contributed by atoms with Gasteiger partial charge in [0.05, 0.1) is 6.07 Å². The van der Waals surface area contributed by atoms with Crippen molar-refractivity contribution in [2.75, 3.05) is 13.2 Å². The topological polar surface area (TPSA) is 42.2 Å². The van der Waals surface area contributed by atoms with Crippen LogP contribution in [0, 0.1) is 35.0 Å². The van der Waals surface area contributed by atoms with E-state index in [0.29, 0.717) is 26.1 Å². The lowest BCUT2D eigenvalue weighted by Crippen LogP contribution is -2.17. The van der Waals surface area contributed by atoms with Crippen molar-refractivity contribution in [3.63, 3.8) is 0 Å². The first-order valence-corrected chi connectivity index (χ1v) is 7.86. The Morgan fingerprint density at radius 2 is 1.33 bits per heavy atom. The van der Waals surface area contributed by atoms with E-state index in [1.165, 1.54) is 0 Å². The highest BCUT2D eigenvalue weighted by molar-refractivity contribution is 4.99. The number of hydrogen-bond acceptors (Lipinski definition) is 3. The lowest BCUT2D eigenvalue weighted by molar-refractivity contribution is -0.126. The normalized spacial score (nSPS) is 9.43. The first kappa shape index (κ1) is 19.5. The molecule has 0 saturated carbocycles. The van der Waals surface area contributed by atoms with E-state index in [0.717, 1.165) is 38.5 Å². The lowest BCUT2D eigenvalue weighted by atomic mass is 10.2. The summed E-state index contributed by atoms with van der Waals surface area (Å²) in [6.45, 7) is 4.99. The number of ether oxygens (including phenoxy) is 2. The summed E-state index contributed by atoms with van der Waals surface area (Å²) < 4.78 is 11.1. The molecule has 0 amide bonds. The Kier molecular flexibility index (Phi) is 15.4. The minimum atomic E-state index is -0.384. The summed E-state index contributed by atoms with van der Waals surface area (Å²) in [5.74, 6) is 12.1. The van der Waals surface area contributed by atoms with Crippen LogP contribution in [0.2, 0.25) is 0 Å². The molecule has 0 aliphatic rings. The molecule has 3 heteroatoms. The average molecular weight is 289 g/mol. The molecule has 0 aromatic carbocycles. The fourth-order valence-corrected chi connectivity index (χ4v) is 1.48. The zero-order chi connectivity index (χ0) is 15.6. The maximum absolute atomic E-state index is 8.64. The van der Waals surface area contributed by atoms with E-state index in [1.807, 2.05) is 0 Å². The van der Waals surface area contributed by atoms with Gasteiger partial charge in [0, 0.05) is 25.7 Å². The first-order valence-electron chi connectivity index (χ1n) is 7.86. The van der Waals surface area contributed by atoms with Crippen molar-refractivity contribution >= 4 is 0 Å². The second kappa shape index (κ2) is 16.6. The monoisotopic (exact) mass is 289 g/mol. The first-order chi connectivity index (χ1) is 10.3. The van der Waals surface area contributed by atoms with Crippen molar-refractivity contribution in [3.8, 4) is 29.8 Å². The molecule has 3 nitrogen and oxygen atoms in total. The molecule has 116 valence electrons. The van der Waals surface area contributed by atoms with Gasteiger partial charge < -0.3 is 9.47 Å². The molecule has 0 unspecified atom stereocenters. The van der Waals surface area contributed by atoms with Gasteiger partial charge in [0.2, 0.25) is 0 Å². The zero-order valence-electron chi connectivity index (χ0n) is 13.4. The zero-order valence-corrected chi connectivity index (χ0v) is 13.4. The highest BCUT2D eigenvalue weighted by Gasteiger charge is 2.07. The summed E-state index contributed by atoms with van der Waals surface area (Å²) in [5, 5.41) is 8.64. The molecule has 0 fully saturated rings. The largest absolute Gasteiger partial charge is 0.340 e. The molecule has 0 radical (unpaired) electrons. The molecular formula is C18H27NO2. The van der Waals surface area contributed by atoms with E-state index in [1.54, 1.807) is 0 Å². The molecule has 0 aliphatic carbocycles. The molecule has 0 saturated heterocycles. The molecule has 0 aliphatic heterocycles. The molecule has 0 bridgehead atoms. The van der Waals surface area contributed by atoms with E-state index in [-0.39, 0.29) is 6.29 Å². The summed E-state index contributed by atoms with van der Waals surface area (Å²) in [7, 11) is 0. The highest BCUT2D eigenvalue weighted by Crippen LogP contribution is 2.03. The quantitative estimate of drug-likeness (QED) is 0.346. The highest BCUT2D eigenvalue weighted by atomic mass is 16.7. The van der Waals surface area contributed by atoms with Crippen LogP contribution in [0.25, 0.3) is 0 Å². The minimum absolute atomic E-state index is 0.350. The molecule has 0 heterocycles. The number of rotatable bonds is 10. The van der Waals surface area contributed by atoms with Crippen molar-refractivity contribution in [2.45, 2.75) is 71.5 Å². The number of nitrogens with zero attached hydrogens (tertiary/aromatic N) is 1. The predicted molar refractivity (Wildman–Crippen MR) is 85.1 cm³/mol. The lowest BCUT2D eigenvalue weighted by Gasteiger charge is -2.14. The van der Waals surface area contributed by atoms with Crippen LogP contribution in [-0.4, -0.2) is 19.5 Å². The van der Waals surface area contributed by atoms with E-state index >= 15 is 0 Å². The maximum atomic E-state index is 8.64. The summed E-state index contributed by atoms with van der Waals surface area (Å²) >= 11 is 0. The number of nitriles is 1. The van der Waals surface area contributed by atoms with Crippen molar-refractivity contribution in [1.82, 2.24) is 0 Å². The molecule has 21 heavy (non-hydrogen) atoms. The summed E-state index contributed by atoms with van der Waals surface area (Å²) in [4.78, 5) is 0. The summed E-state index contributed by atoms with van der Waals surface area (Å²) in [5.41, 5.74) is 0. The number of hydrogen-bond donors (Lipinski definition) is 0. The predicted octanol–water partition coefficient (Wildman–Crippen LogP) is 4.04. The standard InChI is InChI=1S/C18H27NO2/c1-3-5-7-9-11-16-20-18(14-13-15-19)21-17-12-10-8-6-4-2/h18H,3-8,13-14,16-17H2,1-2H3. The van der Waals surface area contributed by atoms with Gasteiger partial charge in [0.15, 0.2) is 6.29 Å². The fraction of sp³-hybridized carbons (Fsp3) is 0.722. The van der Waals surface area contributed by atoms with E-state index < -0.39 is 0 Å². The van der Waals surface area contributed by atoms with E-state index in [2.05, 4.69) is 43.6 Å². The third-order valence-corrected chi connectivity index (χ3v) is 2.74. The maximum Gasteiger partial charge on any atom is 0.161 e. The third kappa shape index (κ3) is 14.7. The molecular weight excluding hydrogens is 262 g/mol. The fourth-order valence-electron chi connectivity index (χ4n) is 1.48. The Hall–Kier alpha value is -1.47. The van der Waals surface area contributed by atoms with Crippen molar-refractivity contribution < 1.29 is 9.47 Å². The van der Waals surface area contributed by atoms with E-state index in [9.17, 15) is 0 Å². The van der Waals surface area contributed by atoms with Crippen LogP contribution in [0.1, 0.15) is 65.2 Å². The average Bonchev–Trinajstić information content (AvgIpc) is 2.50. The third-order valence-electron chi connectivity index (χ3n) is 2.74. The Morgan fingerprint density at radius 1 is 0.810 bits per heavy atom. The van der Waals surface area contributed by atoms with Gasteiger partial charge in [-0.1, -0.05) is 38.5 Å². The van der Waals surface area contributed by atoms with Crippen LogP contribution < -0.4 is 0 Å². The molecule has 0 spiro atoms. The Morgan fingerprint density at radius 3 is 1.76 bits per heavy atom. The van der Waals surface area contributed by atoms with Crippen LogP contribution in [0.15, 0.2) is 0 Å². The van der Waals surface area contributed by atoms with Gasteiger partial charge in [-0.2, -0.15) is 5.26 Å². The van der Waals surface area contributed by atoms with Crippen LogP contribution in [0.3, 0.4) is 0 Å². The number of unbranched alkanes of at least 4 members (excludes halogenated alkanes) is 4. The van der Waals surface area contributed by atoms with Crippen molar-refractivity contribution in [3.05, 3.63) is 0 Å². The van der Waals surface area contributed by atoms with Crippen LogP contribution in [0.4, 0.5) is 0 Å². The van der Waals surface area contributed by atoms with Crippen molar-refractivity contribution in [1.29, 1.82) is 5.26 Å². The van der Waals surface area contributed by atoms with Gasteiger partial charge >= 0.3 is 0 Å². The molecule has 0 rings (SSSR count). The molecule has 0 atom stereocenters. The molecule has 0 aromatic rings. The summed E-state index contributed by atoms with van der Waals surface area (Å²) in [6, 6.07) is 2.10. The van der Waals surface area contributed by atoms with Gasteiger partial charge in [0.25, 0.3) is 0 Å². The van der Waals surface area contributed by atoms with E-state index in [4.69, 9.17) is 14.7 Å². The van der Waals surface area contributed by atoms with Crippen molar-refractivity contribution in [2.24, 2.45) is 0 Å².